The molecule has 2 aromatic rings. The number of carbonyl (C=O) groups excluding carboxylic acids is 1. The number of benzene rings is 1. The Morgan fingerprint density at radius 3 is 2.50 bits per heavy atom. The topological polar surface area (TPSA) is 74.4 Å². The van der Waals surface area contributed by atoms with Gasteiger partial charge in [-0.2, -0.15) is 0 Å². The minimum atomic E-state index is -0.551. The second kappa shape index (κ2) is 3.97. The molecule has 0 spiro atoms. The summed E-state index contributed by atoms with van der Waals surface area (Å²) in [6.45, 7) is 0. The predicted octanol–water partition coefficient (Wildman–Crippen LogP) is 1.41. The number of ether oxygens (including phenoxy) is 2. The van der Waals surface area contributed by atoms with Crippen molar-refractivity contribution in [3.8, 4) is 11.5 Å². The summed E-state index contributed by atoms with van der Waals surface area (Å²) in [4.78, 5) is 15.2. The van der Waals surface area contributed by atoms with Crippen molar-refractivity contribution in [2.24, 2.45) is 5.73 Å². The fraction of sp³-hybridized carbons (Fsp3) is 0.200. The van der Waals surface area contributed by atoms with Gasteiger partial charge in [-0.05, 0) is 12.1 Å². The second-order valence-electron chi connectivity index (χ2n) is 3.03. The van der Waals surface area contributed by atoms with Gasteiger partial charge < -0.3 is 15.2 Å². The van der Waals surface area contributed by atoms with Crippen molar-refractivity contribution >= 4 is 27.5 Å². The van der Waals surface area contributed by atoms with Crippen LogP contribution in [0.25, 0.3) is 10.2 Å². The molecule has 0 aliphatic heterocycles. The van der Waals surface area contributed by atoms with E-state index in [-0.39, 0.29) is 5.01 Å². The first-order valence-corrected chi connectivity index (χ1v) is 5.30. The smallest absolute Gasteiger partial charge is 0.277 e. The van der Waals surface area contributed by atoms with Crippen LogP contribution in [0.15, 0.2) is 12.1 Å². The minimum absolute atomic E-state index is 0.248. The summed E-state index contributed by atoms with van der Waals surface area (Å²) in [6.07, 6.45) is 0. The molecule has 0 saturated heterocycles. The maximum absolute atomic E-state index is 11.1. The number of nitrogens with zero attached hydrogens (tertiary/aromatic N) is 1. The van der Waals surface area contributed by atoms with Gasteiger partial charge in [0.15, 0.2) is 5.01 Å². The predicted molar refractivity (Wildman–Crippen MR) is 61.2 cm³/mol. The zero-order valence-corrected chi connectivity index (χ0v) is 9.63. The molecule has 16 heavy (non-hydrogen) atoms. The molecule has 0 bridgehead atoms. The van der Waals surface area contributed by atoms with Gasteiger partial charge in [-0.15, -0.1) is 11.3 Å². The molecule has 6 heteroatoms. The highest BCUT2D eigenvalue weighted by Gasteiger charge is 2.15. The van der Waals surface area contributed by atoms with Gasteiger partial charge in [0, 0.05) is 0 Å². The molecule has 0 aliphatic rings. The van der Waals surface area contributed by atoms with E-state index in [1.807, 2.05) is 0 Å². The van der Waals surface area contributed by atoms with E-state index in [0.717, 1.165) is 4.70 Å². The molecular weight excluding hydrogens is 228 g/mol. The van der Waals surface area contributed by atoms with E-state index in [9.17, 15) is 4.79 Å². The van der Waals surface area contributed by atoms with Crippen LogP contribution < -0.4 is 15.2 Å². The fourth-order valence-corrected chi connectivity index (χ4v) is 2.32. The van der Waals surface area contributed by atoms with E-state index in [2.05, 4.69) is 4.98 Å². The molecule has 0 atom stereocenters. The molecule has 1 amide bonds. The standard InChI is InChI=1S/C10H10N2O3S/c1-14-5-3-4-6(15-2)8-7(5)12-10(16-8)9(11)13/h3-4H,1-2H3,(H2,11,13). The average Bonchev–Trinajstić information content (AvgIpc) is 2.72. The molecule has 0 radical (unpaired) electrons. The maximum atomic E-state index is 11.1. The normalized spacial score (nSPS) is 10.4. The summed E-state index contributed by atoms with van der Waals surface area (Å²) in [5.74, 6) is 0.700. The number of hydrogen-bond acceptors (Lipinski definition) is 5. The highest BCUT2D eigenvalue weighted by atomic mass is 32.1. The SMILES string of the molecule is COc1ccc(OC)c2sc(C(N)=O)nc12. The monoisotopic (exact) mass is 238 g/mol. The summed E-state index contributed by atoms with van der Waals surface area (Å²) in [7, 11) is 3.11. The van der Waals surface area contributed by atoms with Crippen LogP contribution in [0.3, 0.4) is 0 Å². The molecule has 0 unspecified atom stereocenters. The lowest BCUT2D eigenvalue weighted by atomic mass is 10.3. The number of carbonyl (C=O) groups is 1. The number of amides is 1. The van der Waals surface area contributed by atoms with Gasteiger partial charge in [-0.25, -0.2) is 4.98 Å². The molecule has 0 fully saturated rings. The van der Waals surface area contributed by atoms with Gasteiger partial charge in [0.25, 0.3) is 5.91 Å². The third-order valence-corrected chi connectivity index (χ3v) is 3.21. The lowest BCUT2D eigenvalue weighted by Crippen LogP contribution is -2.09. The molecule has 84 valence electrons. The number of rotatable bonds is 3. The zero-order valence-electron chi connectivity index (χ0n) is 8.81. The third-order valence-electron chi connectivity index (χ3n) is 2.12. The first kappa shape index (κ1) is 10.7. The minimum Gasteiger partial charge on any atom is -0.495 e. The van der Waals surface area contributed by atoms with Crippen LogP contribution in [0.4, 0.5) is 0 Å². The van der Waals surface area contributed by atoms with Gasteiger partial charge in [0.05, 0.1) is 14.2 Å². The van der Waals surface area contributed by atoms with Crippen LogP contribution in [0.1, 0.15) is 9.80 Å². The first-order valence-electron chi connectivity index (χ1n) is 4.48. The Morgan fingerprint density at radius 2 is 1.94 bits per heavy atom. The molecular formula is C10H10N2O3S. The highest BCUT2D eigenvalue weighted by molar-refractivity contribution is 7.20. The maximum Gasteiger partial charge on any atom is 0.277 e. The van der Waals surface area contributed by atoms with Gasteiger partial charge in [-0.3, -0.25) is 4.79 Å². The van der Waals surface area contributed by atoms with Crippen molar-refractivity contribution in [1.29, 1.82) is 0 Å². The van der Waals surface area contributed by atoms with E-state index >= 15 is 0 Å². The van der Waals surface area contributed by atoms with Gasteiger partial charge in [-0.1, -0.05) is 0 Å². The van der Waals surface area contributed by atoms with Crippen molar-refractivity contribution in [2.45, 2.75) is 0 Å². The van der Waals surface area contributed by atoms with E-state index in [0.29, 0.717) is 17.0 Å². The lowest BCUT2D eigenvalue weighted by Gasteiger charge is -2.03. The van der Waals surface area contributed by atoms with Gasteiger partial charge in [0.2, 0.25) is 0 Å². The van der Waals surface area contributed by atoms with E-state index in [1.54, 1.807) is 26.4 Å². The molecule has 0 aliphatic carbocycles. The zero-order chi connectivity index (χ0) is 11.7. The van der Waals surface area contributed by atoms with Crippen LogP contribution in [-0.2, 0) is 0 Å². The van der Waals surface area contributed by atoms with Crippen molar-refractivity contribution in [3.63, 3.8) is 0 Å². The van der Waals surface area contributed by atoms with Crippen molar-refractivity contribution in [2.75, 3.05) is 14.2 Å². The molecule has 1 aromatic heterocycles. The van der Waals surface area contributed by atoms with Crippen LogP contribution in [0.2, 0.25) is 0 Å². The number of hydrogen-bond donors (Lipinski definition) is 1. The Balaban J connectivity index is 2.75. The Hall–Kier alpha value is -1.82. The first-order chi connectivity index (χ1) is 7.67. The molecule has 2 N–H and O–H groups in total. The molecule has 5 nitrogen and oxygen atoms in total. The Morgan fingerprint density at radius 1 is 1.31 bits per heavy atom. The number of aromatic nitrogens is 1. The number of nitrogens with two attached hydrogens (primary N) is 1. The lowest BCUT2D eigenvalue weighted by molar-refractivity contribution is 0.1000. The second-order valence-corrected chi connectivity index (χ2v) is 4.03. The van der Waals surface area contributed by atoms with Crippen molar-refractivity contribution in [3.05, 3.63) is 17.1 Å². The van der Waals surface area contributed by atoms with E-state index in [4.69, 9.17) is 15.2 Å². The van der Waals surface area contributed by atoms with Crippen LogP contribution in [0, 0.1) is 0 Å². The molecule has 0 saturated carbocycles. The van der Waals surface area contributed by atoms with E-state index < -0.39 is 5.91 Å². The average molecular weight is 238 g/mol. The largest absolute Gasteiger partial charge is 0.495 e. The number of methoxy groups -OCH3 is 2. The summed E-state index contributed by atoms with van der Waals surface area (Å²) in [5.41, 5.74) is 5.79. The summed E-state index contributed by atoms with van der Waals surface area (Å²) >= 11 is 1.20. The van der Waals surface area contributed by atoms with Gasteiger partial charge >= 0.3 is 0 Å². The number of thiazole rings is 1. The fourth-order valence-electron chi connectivity index (χ4n) is 1.39. The van der Waals surface area contributed by atoms with Gasteiger partial charge in [0.1, 0.15) is 21.7 Å². The van der Waals surface area contributed by atoms with E-state index in [1.165, 1.54) is 11.3 Å². The van der Waals surface area contributed by atoms with Crippen molar-refractivity contribution < 1.29 is 14.3 Å². The summed E-state index contributed by atoms with van der Waals surface area (Å²) in [6, 6.07) is 3.51. The quantitative estimate of drug-likeness (QED) is 0.877. The summed E-state index contributed by atoms with van der Waals surface area (Å²) < 4.78 is 11.1. The molecule has 2 rings (SSSR count). The highest BCUT2D eigenvalue weighted by Crippen LogP contribution is 2.36. The molecule has 1 heterocycles. The van der Waals surface area contributed by atoms with Crippen LogP contribution in [-0.4, -0.2) is 25.1 Å². The number of primary amides is 1. The van der Waals surface area contributed by atoms with Crippen LogP contribution in [0.5, 0.6) is 11.5 Å². The third kappa shape index (κ3) is 1.57. The Bertz CT molecular complexity index is 509. The summed E-state index contributed by atoms with van der Waals surface area (Å²) in [5, 5.41) is 0.248. The van der Waals surface area contributed by atoms with Crippen molar-refractivity contribution in [1.82, 2.24) is 4.98 Å². The Labute approximate surface area is 95.8 Å². The number of fused-ring (bicyclic) bond motifs is 1. The Kier molecular flexibility index (Phi) is 2.66. The molecule has 1 aromatic carbocycles. The van der Waals surface area contributed by atoms with Crippen LogP contribution >= 0.6 is 11.3 Å².